The van der Waals surface area contributed by atoms with E-state index in [2.05, 4.69) is 9.88 Å². The van der Waals surface area contributed by atoms with Gasteiger partial charge in [0, 0.05) is 32.6 Å². The maximum absolute atomic E-state index is 12.5. The lowest BCUT2D eigenvalue weighted by atomic mass is 9.72. The predicted molar refractivity (Wildman–Crippen MR) is 103 cm³/mol. The summed E-state index contributed by atoms with van der Waals surface area (Å²) in [4.78, 5) is 36.8. The van der Waals surface area contributed by atoms with Crippen LogP contribution in [0.1, 0.15) is 35.4 Å². The third-order valence-corrected chi connectivity index (χ3v) is 6.51. The van der Waals surface area contributed by atoms with E-state index in [9.17, 15) is 9.59 Å². The lowest BCUT2D eigenvalue weighted by Crippen LogP contribution is -2.46. The first-order valence-corrected chi connectivity index (χ1v) is 9.96. The summed E-state index contributed by atoms with van der Waals surface area (Å²) < 4.78 is 5.33. The first kappa shape index (κ1) is 17.6. The fourth-order valence-electron chi connectivity index (χ4n) is 5.07. The number of nitrogens with zero attached hydrogens (tertiary/aromatic N) is 3. The number of ether oxygens (including phenoxy) is 1. The molecule has 8 nitrogen and oxygen atoms in total. The van der Waals surface area contributed by atoms with Crippen molar-refractivity contribution in [2.45, 2.75) is 24.8 Å². The minimum atomic E-state index is -0.466. The Morgan fingerprint density at radius 1 is 1.29 bits per heavy atom. The summed E-state index contributed by atoms with van der Waals surface area (Å²) in [6, 6.07) is 5.45. The van der Waals surface area contributed by atoms with Gasteiger partial charge in [0.25, 0.3) is 5.91 Å². The molecule has 1 aromatic heterocycles. The van der Waals surface area contributed by atoms with Crippen molar-refractivity contribution in [1.82, 2.24) is 19.8 Å². The number of para-hydroxylation sites is 1. The summed E-state index contributed by atoms with van der Waals surface area (Å²) in [7, 11) is 0. The fraction of sp³-hybridized carbons (Fsp3) is 0.550. The molecule has 6 rings (SSSR count). The van der Waals surface area contributed by atoms with Gasteiger partial charge in [0.15, 0.2) is 0 Å². The molecule has 0 radical (unpaired) electrons. The Balaban J connectivity index is 1.36. The van der Waals surface area contributed by atoms with E-state index in [4.69, 9.17) is 15.5 Å². The summed E-state index contributed by atoms with van der Waals surface area (Å²) in [5, 5.41) is 0. The summed E-state index contributed by atoms with van der Waals surface area (Å²) in [6.07, 6.45) is 2.61. The first-order valence-electron chi connectivity index (χ1n) is 9.96. The molecule has 3 N–H and O–H groups in total. The Morgan fingerprint density at radius 3 is 2.82 bits per heavy atom. The molecular formula is C20H25N5O3. The normalized spacial score (nSPS) is 27.1. The van der Waals surface area contributed by atoms with Crippen LogP contribution in [-0.2, 0) is 15.1 Å². The molecule has 28 heavy (non-hydrogen) atoms. The minimum absolute atomic E-state index is 0.149. The number of carbonyl (C=O) groups excluding carboxylic acids is 2. The molecule has 1 aliphatic carbocycles. The molecule has 148 valence electrons. The number of H-pyrrole nitrogens is 1. The van der Waals surface area contributed by atoms with Crippen LogP contribution >= 0.6 is 0 Å². The van der Waals surface area contributed by atoms with Crippen LogP contribution in [-0.4, -0.2) is 71.0 Å². The number of nitrogens with two attached hydrogens (primary N) is 1. The van der Waals surface area contributed by atoms with E-state index < -0.39 is 5.91 Å². The van der Waals surface area contributed by atoms with Gasteiger partial charge in [0.2, 0.25) is 5.91 Å². The third kappa shape index (κ3) is 2.70. The van der Waals surface area contributed by atoms with Crippen molar-refractivity contribution in [1.29, 1.82) is 0 Å². The maximum atomic E-state index is 12.5. The summed E-state index contributed by atoms with van der Waals surface area (Å²) in [5.74, 6) is 1.28. The Morgan fingerprint density at radius 2 is 2.07 bits per heavy atom. The second kappa shape index (κ2) is 6.56. The SMILES string of the molecule is NC(=O)c1cccc2[nH]c(C34CC(CN3CCC(=O)N3CCOCC3)C4)nc12. The van der Waals surface area contributed by atoms with Crippen molar-refractivity contribution < 1.29 is 14.3 Å². The number of aromatic nitrogens is 2. The molecule has 4 heterocycles. The third-order valence-electron chi connectivity index (χ3n) is 6.51. The van der Waals surface area contributed by atoms with E-state index in [0.29, 0.717) is 49.7 Å². The molecule has 3 aliphatic heterocycles. The van der Waals surface area contributed by atoms with Crippen LogP contribution in [0.3, 0.4) is 0 Å². The van der Waals surface area contributed by atoms with Gasteiger partial charge in [0.05, 0.1) is 29.8 Å². The summed E-state index contributed by atoms with van der Waals surface area (Å²) >= 11 is 0. The highest BCUT2D eigenvalue weighted by molar-refractivity contribution is 6.04. The Labute approximate surface area is 163 Å². The number of aromatic amines is 1. The molecule has 8 heteroatoms. The van der Waals surface area contributed by atoms with Crippen molar-refractivity contribution in [3.8, 4) is 0 Å². The van der Waals surface area contributed by atoms with Crippen LogP contribution < -0.4 is 5.73 Å². The van der Waals surface area contributed by atoms with Gasteiger partial charge in [-0.25, -0.2) is 4.98 Å². The summed E-state index contributed by atoms with van der Waals surface area (Å²) in [6.45, 7) is 4.35. The number of hydrogen-bond acceptors (Lipinski definition) is 5. The van der Waals surface area contributed by atoms with Gasteiger partial charge >= 0.3 is 0 Å². The van der Waals surface area contributed by atoms with Crippen LogP contribution in [0, 0.1) is 5.92 Å². The molecule has 0 unspecified atom stereocenters. The quantitative estimate of drug-likeness (QED) is 0.796. The molecule has 0 spiro atoms. The van der Waals surface area contributed by atoms with E-state index >= 15 is 0 Å². The summed E-state index contributed by atoms with van der Waals surface area (Å²) in [5.41, 5.74) is 7.28. The van der Waals surface area contributed by atoms with Gasteiger partial charge in [-0.15, -0.1) is 0 Å². The molecule has 2 amide bonds. The average molecular weight is 383 g/mol. The number of nitrogens with one attached hydrogen (secondary N) is 1. The molecule has 1 aromatic carbocycles. The zero-order valence-corrected chi connectivity index (χ0v) is 15.8. The zero-order valence-electron chi connectivity index (χ0n) is 15.8. The second-order valence-electron chi connectivity index (χ2n) is 8.15. The number of amides is 2. The number of imidazole rings is 1. The Kier molecular flexibility index (Phi) is 4.13. The molecule has 3 saturated heterocycles. The van der Waals surface area contributed by atoms with Gasteiger partial charge in [-0.05, 0) is 30.9 Å². The maximum Gasteiger partial charge on any atom is 0.250 e. The number of hydrogen-bond donors (Lipinski definition) is 2. The van der Waals surface area contributed by atoms with E-state index in [-0.39, 0.29) is 11.4 Å². The topological polar surface area (TPSA) is 105 Å². The number of benzene rings is 1. The number of rotatable bonds is 5. The fourth-order valence-corrected chi connectivity index (χ4v) is 5.07. The number of morpholine rings is 1. The lowest BCUT2D eigenvalue weighted by Gasteiger charge is -2.41. The largest absolute Gasteiger partial charge is 0.378 e. The van der Waals surface area contributed by atoms with Crippen LogP contribution in [0.25, 0.3) is 11.0 Å². The van der Waals surface area contributed by atoms with E-state index in [0.717, 1.165) is 37.3 Å². The van der Waals surface area contributed by atoms with Crippen molar-refractivity contribution >= 4 is 22.8 Å². The molecule has 4 fully saturated rings. The number of primary amides is 1. The van der Waals surface area contributed by atoms with E-state index in [1.165, 1.54) is 0 Å². The van der Waals surface area contributed by atoms with Crippen molar-refractivity contribution in [3.05, 3.63) is 29.6 Å². The van der Waals surface area contributed by atoms with Crippen molar-refractivity contribution in [2.24, 2.45) is 11.7 Å². The van der Waals surface area contributed by atoms with Gasteiger partial charge in [-0.3, -0.25) is 14.5 Å². The van der Waals surface area contributed by atoms with Crippen LogP contribution in [0.2, 0.25) is 0 Å². The van der Waals surface area contributed by atoms with Gasteiger partial charge in [-0.2, -0.15) is 0 Å². The molecule has 0 atom stereocenters. The van der Waals surface area contributed by atoms with Crippen LogP contribution in [0.4, 0.5) is 0 Å². The molecule has 4 aliphatic rings. The number of fused-ring (bicyclic) bond motifs is 2. The highest BCUT2D eigenvalue weighted by Crippen LogP contribution is 2.56. The number of carbonyl (C=O) groups is 2. The minimum Gasteiger partial charge on any atom is -0.378 e. The molecule has 2 bridgehead atoms. The Bertz CT molecular complexity index is 927. The van der Waals surface area contributed by atoms with E-state index in [1.54, 1.807) is 6.07 Å². The second-order valence-corrected chi connectivity index (χ2v) is 8.15. The standard InChI is InChI=1S/C20H25N5O3/c21-18(27)14-2-1-3-15-17(14)23-19(22-15)20-10-13(11-20)12-25(20)5-4-16(26)24-6-8-28-9-7-24/h1-3,13H,4-12H2,(H2,21,27)(H,22,23). The van der Waals surface area contributed by atoms with Crippen molar-refractivity contribution in [2.75, 3.05) is 39.4 Å². The highest BCUT2D eigenvalue weighted by Gasteiger charge is 2.58. The molecular weight excluding hydrogens is 358 g/mol. The van der Waals surface area contributed by atoms with Crippen LogP contribution in [0.5, 0.6) is 0 Å². The van der Waals surface area contributed by atoms with Gasteiger partial charge in [0.1, 0.15) is 11.3 Å². The smallest absolute Gasteiger partial charge is 0.250 e. The lowest BCUT2D eigenvalue weighted by molar-refractivity contribution is -0.135. The first-order chi connectivity index (χ1) is 13.6. The zero-order chi connectivity index (χ0) is 19.3. The van der Waals surface area contributed by atoms with E-state index in [1.807, 2.05) is 17.0 Å². The van der Waals surface area contributed by atoms with Gasteiger partial charge < -0.3 is 20.4 Å². The Hall–Kier alpha value is -2.45. The highest BCUT2D eigenvalue weighted by atomic mass is 16.5. The average Bonchev–Trinajstić information content (AvgIpc) is 3.36. The molecule has 2 aromatic rings. The van der Waals surface area contributed by atoms with Crippen molar-refractivity contribution in [3.63, 3.8) is 0 Å². The molecule has 1 saturated carbocycles. The predicted octanol–water partition coefficient (Wildman–Crippen LogP) is 0.832. The van der Waals surface area contributed by atoms with Gasteiger partial charge in [-0.1, -0.05) is 6.07 Å². The monoisotopic (exact) mass is 383 g/mol. The van der Waals surface area contributed by atoms with Crippen LogP contribution in [0.15, 0.2) is 18.2 Å².